The Labute approximate surface area is 44.7 Å². The fraction of sp³-hybridized carbons (Fsp3) is 0.500. The van der Waals surface area contributed by atoms with E-state index < -0.39 is 5.97 Å². The molecule has 0 amide bonds. The number of carbonyl (C=O) groups excluding carboxylic acids is 1. The lowest BCUT2D eigenvalue weighted by Crippen LogP contribution is -1.92. The first-order chi connectivity index (χ1) is 2.77. The third kappa shape index (κ3) is 4.17. The van der Waals surface area contributed by atoms with Gasteiger partial charge in [-0.2, -0.15) is 0 Å². The van der Waals surface area contributed by atoms with Crippen LogP contribution in [-0.4, -0.2) is 11.7 Å². The SMILES string of the molecule is [O]C(=O)CSS. The fourth-order valence-corrected chi connectivity index (χ4v) is 0.474. The van der Waals surface area contributed by atoms with Gasteiger partial charge in [0.15, 0.2) is 0 Å². The summed E-state index contributed by atoms with van der Waals surface area (Å²) >= 11 is 3.56. The fourth-order valence-electron chi connectivity index (χ4n) is 0.0527. The second-order valence-corrected chi connectivity index (χ2v) is 1.97. The quantitative estimate of drug-likeness (QED) is 0.429. The summed E-state index contributed by atoms with van der Waals surface area (Å²) in [6, 6.07) is 0. The Morgan fingerprint density at radius 1 is 1.83 bits per heavy atom. The smallest absolute Gasteiger partial charge is 0.246 e. The molecule has 0 aromatic rings. The third-order valence-corrected chi connectivity index (χ3v) is 0.935. The molecular formula is C2H3O2S2. The molecule has 0 fully saturated rings. The summed E-state index contributed by atoms with van der Waals surface area (Å²) in [5.41, 5.74) is 0. The topological polar surface area (TPSA) is 37.0 Å². The average molecular weight is 123 g/mol. The predicted octanol–water partition coefficient (Wildman–Crippen LogP) is 0.521. The molecule has 4 heteroatoms. The molecule has 0 atom stereocenters. The second-order valence-electron chi connectivity index (χ2n) is 0.645. The monoisotopic (exact) mass is 123 g/mol. The molecule has 0 heterocycles. The van der Waals surface area contributed by atoms with Gasteiger partial charge in [-0.05, 0) is 0 Å². The van der Waals surface area contributed by atoms with Crippen molar-refractivity contribution in [2.75, 3.05) is 5.75 Å². The molecule has 0 aromatic carbocycles. The van der Waals surface area contributed by atoms with Crippen molar-refractivity contribution in [1.29, 1.82) is 0 Å². The highest BCUT2D eigenvalue weighted by Gasteiger charge is 1.92. The van der Waals surface area contributed by atoms with Crippen LogP contribution in [0.4, 0.5) is 0 Å². The van der Waals surface area contributed by atoms with E-state index in [1.54, 1.807) is 0 Å². The molecule has 0 saturated carbocycles. The maximum absolute atomic E-state index is 9.42. The summed E-state index contributed by atoms with van der Waals surface area (Å²) in [4.78, 5) is 9.42. The van der Waals surface area contributed by atoms with Crippen LogP contribution in [0, 0.1) is 0 Å². The summed E-state index contributed by atoms with van der Waals surface area (Å²) in [5, 5.41) is 9.42. The summed E-state index contributed by atoms with van der Waals surface area (Å²) in [6.45, 7) is 0. The highest BCUT2D eigenvalue weighted by molar-refractivity contribution is 8.68. The van der Waals surface area contributed by atoms with E-state index in [0.717, 1.165) is 10.8 Å². The normalized spacial score (nSPS) is 8.17. The first-order valence-electron chi connectivity index (χ1n) is 1.23. The van der Waals surface area contributed by atoms with Gasteiger partial charge >= 0.3 is 5.97 Å². The van der Waals surface area contributed by atoms with Gasteiger partial charge in [0.05, 0.1) is 0 Å². The molecule has 0 saturated heterocycles. The molecule has 35 valence electrons. The van der Waals surface area contributed by atoms with Gasteiger partial charge in [0.1, 0.15) is 5.75 Å². The Kier molecular flexibility index (Phi) is 3.46. The van der Waals surface area contributed by atoms with E-state index in [4.69, 9.17) is 0 Å². The molecule has 0 N–H and O–H groups in total. The largest absolute Gasteiger partial charge is 0.366 e. The van der Waals surface area contributed by atoms with Crippen molar-refractivity contribution >= 4 is 28.4 Å². The van der Waals surface area contributed by atoms with E-state index >= 15 is 0 Å². The number of rotatable bonds is 2. The Hall–Kier alpha value is 0.170. The summed E-state index contributed by atoms with van der Waals surface area (Å²) in [7, 11) is 0.942. The Bertz CT molecular complexity index is 53.5. The number of hydrogen-bond donors (Lipinski definition) is 1. The van der Waals surface area contributed by atoms with E-state index in [1.807, 2.05) is 0 Å². The van der Waals surface area contributed by atoms with E-state index in [0.29, 0.717) is 0 Å². The minimum Gasteiger partial charge on any atom is -0.246 e. The van der Waals surface area contributed by atoms with Crippen molar-refractivity contribution < 1.29 is 9.90 Å². The van der Waals surface area contributed by atoms with Crippen LogP contribution in [0.15, 0.2) is 0 Å². The molecule has 0 spiro atoms. The van der Waals surface area contributed by atoms with Crippen molar-refractivity contribution in [1.82, 2.24) is 0 Å². The highest BCUT2D eigenvalue weighted by atomic mass is 33.1. The zero-order valence-electron chi connectivity index (χ0n) is 2.88. The van der Waals surface area contributed by atoms with Gasteiger partial charge in [-0.1, -0.05) is 10.8 Å². The molecule has 0 rings (SSSR count). The number of carbonyl (C=O) groups is 1. The van der Waals surface area contributed by atoms with Gasteiger partial charge in [-0.3, -0.25) is 0 Å². The van der Waals surface area contributed by atoms with Crippen LogP contribution in [0.1, 0.15) is 0 Å². The molecule has 0 aromatic heterocycles. The lowest BCUT2D eigenvalue weighted by atomic mass is 10.8. The molecule has 6 heavy (non-hydrogen) atoms. The zero-order valence-corrected chi connectivity index (χ0v) is 4.59. The maximum atomic E-state index is 9.42. The van der Waals surface area contributed by atoms with Gasteiger partial charge in [0, 0.05) is 0 Å². The third-order valence-electron chi connectivity index (χ3n) is 0.182. The van der Waals surface area contributed by atoms with Crippen LogP contribution in [-0.2, 0) is 9.90 Å². The summed E-state index contributed by atoms with van der Waals surface area (Å²) in [5.74, 6) is -1.11. The molecule has 0 aliphatic rings. The lowest BCUT2D eigenvalue weighted by molar-refractivity contribution is -0.139. The average Bonchev–Trinajstić information content (AvgIpc) is 1.35. The Morgan fingerprint density at radius 2 is 2.33 bits per heavy atom. The first kappa shape index (κ1) is 6.17. The van der Waals surface area contributed by atoms with Crippen LogP contribution in [0.5, 0.6) is 0 Å². The minimum atomic E-state index is -1.07. The number of hydrogen-bond acceptors (Lipinski definition) is 3. The van der Waals surface area contributed by atoms with Crippen molar-refractivity contribution in [3.05, 3.63) is 0 Å². The minimum absolute atomic E-state index is 0.0386. The van der Waals surface area contributed by atoms with Crippen LogP contribution < -0.4 is 0 Å². The van der Waals surface area contributed by atoms with Crippen LogP contribution >= 0.6 is 22.5 Å². The zero-order chi connectivity index (χ0) is 4.99. The molecule has 2 nitrogen and oxygen atoms in total. The predicted molar refractivity (Wildman–Crippen MR) is 27.1 cm³/mol. The van der Waals surface area contributed by atoms with E-state index in [-0.39, 0.29) is 5.75 Å². The van der Waals surface area contributed by atoms with Crippen molar-refractivity contribution in [3.8, 4) is 0 Å². The van der Waals surface area contributed by atoms with Gasteiger partial charge < -0.3 is 0 Å². The summed E-state index contributed by atoms with van der Waals surface area (Å²) in [6.07, 6.45) is 0. The van der Waals surface area contributed by atoms with E-state index in [1.165, 1.54) is 0 Å². The van der Waals surface area contributed by atoms with Crippen LogP contribution in [0.2, 0.25) is 0 Å². The van der Waals surface area contributed by atoms with Crippen molar-refractivity contribution in [2.45, 2.75) is 0 Å². The highest BCUT2D eigenvalue weighted by Crippen LogP contribution is 2.01. The maximum Gasteiger partial charge on any atom is 0.366 e. The second kappa shape index (κ2) is 3.36. The molecule has 0 unspecified atom stereocenters. The van der Waals surface area contributed by atoms with Gasteiger partial charge in [0.25, 0.3) is 0 Å². The summed E-state index contributed by atoms with van der Waals surface area (Å²) < 4.78 is 0. The van der Waals surface area contributed by atoms with Crippen molar-refractivity contribution in [3.63, 3.8) is 0 Å². The van der Waals surface area contributed by atoms with Crippen molar-refractivity contribution in [2.24, 2.45) is 0 Å². The standard InChI is InChI=1S/C2H3O2S2/c3-2(4)1-6-5/h5H,1H2. The van der Waals surface area contributed by atoms with E-state index in [9.17, 15) is 9.90 Å². The Morgan fingerprint density at radius 3 is 2.33 bits per heavy atom. The molecular weight excluding hydrogens is 120 g/mol. The van der Waals surface area contributed by atoms with Gasteiger partial charge in [0.2, 0.25) is 0 Å². The van der Waals surface area contributed by atoms with Crippen LogP contribution in [0.25, 0.3) is 0 Å². The van der Waals surface area contributed by atoms with Gasteiger partial charge in [-0.25, -0.2) is 9.90 Å². The van der Waals surface area contributed by atoms with E-state index in [2.05, 4.69) is 11.7 Å². The molecule has 0 aliphatic carbocycles. The first-order valence-corrected chi connectivity index (χ1v) is 3.27. The number of thiol groups is 1. The van der Waals surface area contributed by atoms with Crippen LogP contribution in [0.3, 0.4) is 0 Å². The lowest BCUT2D eigenvalue weighted by Gasteiger charge is -1.75. The molecule has 0 aliphatic heterocycles. The molecule has 0 bridgehead atoms. The Balaban J connectivity index is 2.83. The van der Waals surface area contributed by atoms with Gasteiger partial charge in [-0.15, -0.1) is 11.7 Å². The molecule has 1 radical (unpaired) electrons.